The zero-order valence-corrected chi connectivity index (χ0v) is 9.11. The fourth-order valence-corrected chi connectivity index (χ4v) is 1.27. The second kappa shape index (κ2) is 4.07. The van der Waals surface area contributed by atoms with Gasteiger partial charge in [-0.15, -0.1) is 0 Å². The van der Waals surface area contributed by atoms with Crippen molar-refractivity contribution in [1.82, 2.24) is 0 Å². The van der Waals surface area contributed by atoms with Gasteiger partial charge in [-0.1, -0.05) is 21.9 Å². The molecule has 1 aromatic rings. The summed E-state index contributed by atoms with van der Waals surface area (Å²) in [5.74, 6) is 2.36. The molecule has 0 fully saturated rings. The van der Waals surface area contributed by atoms with E-state index in [4.69, 9.17) is 0 Å². The normalized spacial score (nSPS) is 8.64. The van der Waals surface area contributed by atoms with Crippen LogP contribution in [0.2, 0.25) is 0 Å². The molecule has 0 unspecified atom stereocenters. The van der Waals surface area contributed by atoms with Crippen molar-refractivity contribution in [1.29, 1.82) is 0 Å². The number of halogens is 3. The van der Waals surface area contributed by atoms with Gasteiger partial charge < -0.3 is 0 Å². The van der Waals surface area contributed by atoms with Gasteiger partial charge in [0, 0.05) is 27.1 Å². The lowest BCUT2D eigenvalue weighted by atomic mass is 10.2. The Bertz CT molecular complexity index is 325. The smallest absolute Gasteiger partial charge is 0.139 e. The molecule has 0 aliphatic carbocycles. The molecule has 3 heteroatoms. The second-order valence-corrected chi connectivity index (χ2v) is 3.30. The first kappa shape index (κ1) is 9.01. The Morgan fingerprint density at radius 3 is 2.73 bits per heavy atom. The Labute approximate surface area is 86.5 Å². The van der Waals surface area contributed by atoms with Gasteiger partial charge in [-0.05, 0) is 22.1 Å². The van der Waals surface area contributed by atoms with E-state index < -0.39 is 0 Å². The van der Waals surface area contributed by atoms with Gasteiger partial charge in [-0.2, -0.15) is 0 Å². The predicted octanol–water partition coefficient (Wildman–Crippen LogP) is 3.33. The van der Waals surface area contributed by atoms with Crippen molar-refractivity contribution < 1.29 is 4.39 Å². The molecular weight excluding hydrogens is 322 g/mol. The zero-order valence-electron chi connectivity index (χ0n) is 5.37. The molecule has 0 spiro atoms. The van der Waals surface area contributed by atoms with E-state index in [9.17, 15) is 4.39 Å². The molecule has 0 amide bonds. The van der Waals surface area contributed by atoms with Crippen LogP contribution in [0.1, 0.15) is 5.56 Å². The summed E-state index contributed by atoms with van der Waals surface area (Å²) in [6.45, 7) is 0. The Kier molecular flexibility index (Phi) is 3.34. The summed E-state index contributed by atoms with van der Waals surface area (Å²) in [5, 5.41) is 0. The molecule has 0 nitrogen and oxygen atoms in total. The van der Waals surface area contributed by atoms with Gasteiger partial charge in [0.1, 0.15) is 5.82 Å². The standard InChI is InChI=1S/C8H3BrFI/c9-7-2-1-6(3-4-11)8(10)5-7/h1-2,5H. The average molecular weight is 325 g/mol. The van der Waals surface area contributed by atoms with Gasteiger partial charge in [-0.3, -0.25) is 0 Å². The minimum absolute atomic E-state index is 0.288. The number of hydrogen-bond donors (Lipinski definition) is 0. The number of benzene rings is 1. The van der Waals surface area contributed by atoms with Gasteiger partial charge >= 0.3 is 0 Å². The summed E-state index contributed by atoms with van der Waals surface area (Å²) < 4.78 is 16.2. The van der Waals surface area contributed by atoms with Gasteiger partial charge in [0.25, 0.3) is 0 Å². The van der Waals surface area contributed by atoms with Gasteiger partial charge in [0.2, 0.25) is 0 Å². The van der Waals surface area contributed by atoms with E-state index in [1.165, 1.54) is 6.07 Å². The molecule has 0 heterocycles. The van der Waals surface area contributed by atoms with Crippen LogP contribution in [0.25, 0.3) is 0 Å². The van der Waals surface area contributed by atoms with E-state index in [-0.39, 0.29) is 5.82 Å². The minimum Gasteiger partial charge on any atom is -0.206 e. The van der Waals surface area contributed by atoms with E-state index in [2.05, 4.69) is 25.8 Å². The van der Waals surface area contributed by atoms with Crippen LogP contribution in [0, 0.1) is 15.7 Å². The fourth-order valence-electron chi connectivity index (χ4n) is 0.642. The van der Waals surface area contributed by atoms with Crippen LogP contribution in [-0.2, 0) is 0 Å². The third-order valence-corrected chi connectivity index (χ3v) is 1.88. The highest BCUT2D eigenvalue weighted by Crippen LogP contribution is 2.14. The molecule has 1 rings (SSSR count). The molecule has 0 aliphatic rings. The lowest BCUT2D eigenvalue weighted by molar-refractivity contribution is 0.623. The highest BCUT2D eigenvalue weighted by molar-refractivity contribution is 14.1. The van der Waals surface area contributed by atoms with Gasteiger partial charge in [0.15, 0.2) is 0 Å². The maximum Gasteiger partial charge on any atom is 0.139 e. The van der Waals surface area contributed by atoms with Crippen LogP contribution in [0.4, 0.5) is 4.39 Å². The maximum absolute atomic E-state index is 12.9. The summed E-state index contributed by atoms with van der Waals surface area (Å²) in [7, 11) is 0. The monoisotopic (exact) mass is 324 g/mol. The molecule has 1 aromatic carbocycles. The maximum atomic E-state index is 12.9. The minimum atomic E-state index is -0.288. The van der Waals surface area contributed by atoms with Crippen molar-refractivity contribution in [2.45, 2.75) is 0 Å². The third-order valence-electron chi connectivity index (χ3n) is 1.11. The van der Waals surface area contributed by atoms with Crippen LogP contribution in [0.5, 0.6) is 0 Å². The largest absolute Gasteiger partial charge is 0.206 e. The Morgan fingerprint density at radius 2 is 2.18 bits per heavy atom. The van der Waals surface area contributed by atoms with E-state index in [1.54, 1.807) is 12.1 Å². The summed E-state index contributed by atoms with van der Waals surface area (Å²) in [6.07, 6.45) is 0. The molecule has 0 radical (unpaired) electrons. The van der Waals surface area contributed by atoms with Crippen LogP contribution in [0.15, 0.2) is 22.7 Å². The molecule has 0 atom stereocenters. The van der Waals surface area contributed by atoms with Crippen LogP contribution in [-0.4, -0.2) is 0 Å². The van der Waals surface area contributed by atoms with Crippen molar-refractivity contribution in [3.63, 3.8) is 0 Å². The first-order valence-electron chi connectivity index (χ1n) is 2.80. The predicted molar refractivity (Wildman–Crippen MR) is 55.0 cm³/mol. The summed E-state index contributed by atoms with van der Waals surface area (Å²) >= 11 is 5.03. The molecule has 0 aliphatic heterocycles. The molecule has 11 heavy (non-hydrogen) atoms. The number of hydrogen-bond acceptors (Lipinski definition) is 0. The molecule has 0 N–H and O–H groups in total. The van der Waals surface area contributed by atoms with Gasteiger partial charge in [-0.25, -0.2) is 4.39 Å². The number of rotatable bonds is 0. The Morgan fingerprint density at radius 1 is 1.45 bits per heavy atom. The molecule has 56 valence electrons. The van der Waals surface area contributed by atoms with E-state index in [0.717, 1.165) is 4.47 Å². The summed E-state index contributed by atoms with van der Waals surface area (Å²) in [5.41, 5.74) is 0.433. The first-order chi connectivity index (χ1) is 5.24. The second-order valence-electron chi connectivity index (χ2n) is 1.84. The van der Waals surface area contributed by atoms with Crippen molar-refractivity contribution in [3.05, 3.63) is 34.1 Å². The van der Waals surface area contributed by atoms with E-state index in [1.807, 2.05) is 22.6 Å². The van der Waals surface area contributed by atoms with E-state index >= 15 is 0 Å². The molecule has 0 saturated heterocycles. The molecular formula is C8H3BrFI. The molecule has 0 saturated carbocycles. The SMILES string of the molecule is Fc1cc(Br)ccc1C#CI. The Balaban J connectivity index is 3.16. The first-order valence-corrected chi connectivity index (χ1v) is 4.68. The quantitative estimate of drug-likeness (QED) is 0.507. The topological polar surface area (TPSA) is 0 Å². The van der Waals surface area contributed by atoms with Crippen LogP contribution < -0.4 is 0 Å². The van der Waals surface area contributed by atoms with E-state index in [0.29, 0.717) is 5.56 Å². The fraction of sp³-hybridized carbons (Fsp3) is 0. The van der Waals surface area contributed by atoms with Crippen molar-refractivity contribution in [2.75, 3.05) is 0 Å². The Hall–Kier alpha value is -0.0800. The van der Waals surface area contributed by atoms with Crippen molar-refractivity contribution >= 4 is 38.5 Å². The highest BCUT2D eigenvalue weighted by Gasteiger charge is 1.97. The van der Waals surface area contributed by atoms with Gasteiger partial charge in [0.05, 0.1) is 5.56 Å². The van der Waals surface area contributed by atoms with Crippen LogP contribution >= 0.6 is 38.5 Å². The summed E-state index contributed by atoms with van der Waals surface area (Å²) in [4.78, 5) is 0. The lowest BCUT2D eigenvalue weighted by Crippen LogP contribution is -1.81. The lowest BCUT2D eigenvalue weighted by Gasteiger charge is -1.93. The summed E-state index contributed by atoms with van der Waals surface area (Å²) in [6, 6.07) is 4.81. The zero-order chi connectivity index (χ0) is 8.27. The highest BCUT2D eigenvalue weighted by atomic mass is 127. The van der Waals surface area contributed by atoms with Crippen LogP contribution in [0.3, 0.4) is 0 Å². The third kappa shape index (κ3) is 2.46. The average Bonchev–Trinajstić information content (AvgIpc) is 1.95. The molecule has 0 aromatic heterocycles. The molecule has 0 bridgehead atoms. The van der Waals surface area contributed by atoms with Crippen molar-refractivity contribution in [2.24, 2.45) is 0 Å². The van der Waals surface area contributed by atoms with Crippen molar-refractivity contribution in [3.8, 4) is 9.85 Å².